The standard InChI is InChI=1S/C18H27NO3/c1-18(2,3)15-4-6-16(7-5-15)22-13-10-19-17(20)14-8-11-21-12-9-14/h4-7,14H,8-13H2,1-3H3,(H,19,20). The number of rotatable bonds is 5. The molecular weight excluding hydrogens is 278 g/mol. The van der Waals surface area contributed by atoms with Gasteiger partial charge in [0.05, 0.1) is 6.54 Å². The Morgan fingerprint density at radius 1 is 1.23 bits per heavy atom. The van der Waals surface area contributed by atoms with Crippen LogP contribution in [0.3, 0.4) is 0 Å². The molecule has 1 aliphatic rings. The molecule has 0 bridgehead atoms. The third-order valence-electron chi connectivity index (χ3n) is 3.98. The predicted molar refractivity (Wildman–Crippen MR) is 87.2 cm³/mol. The molecule has 1 saturated heterocycles. The van der Waals surface area contributed by atoms with Crippen molar-refractivity contribution in [1.82, 2.24) is 5.32 Å². The SMILES string of the molecule is CC(C)(C)c1ccc(OCCNC(=O)C2CCOCC2)cc1. The molecule has 2 rings (SSSR count). The van der Waals surface area contributed by atoms with Gasteiger partial charge in [-0.25, -0.2) is 0 Å². The molecule has 0 radical (unpaired) electrons. The van der Waals surface area contributed by atoms with Gasteiger partial charge in [-0.2, -0.15) is 0 Å². The first-order chi connectivity index (χ1) is 10.5. The van der Waals surface area contributed by atoms with Crippen molar-refractivity contribution in [1.29, 1.82) is 0 Å². The molecule has 0 aliphatic carbocycles. The summed E-state index contributed by atoms with van der Waals surface area (Å²) in [5, 5.41) is 2.94. The average Bonchev–Trinajstić information content (AvgIpc) is 2.52. The van der Waals surface area contributed by atoms with Gasteiger partial charge in [0.2, 0.25) is 5.91 Å². The monoisotopic (exact) mass is 305 g/mol. The second-order valence-corrected chi connectivity index (χ2v) is 6.80. The lowest BCUT2D eigenvalue weighted by molar-refractivity contribution is -0.127. The molecule has 1 aromatic carbocycles. The molecule has 0 aromatic heterocycles. The van der Waals surface area contributed by atoms with Gasteiger partial charge in [0.1, 0.15) is 12.4 Å². The fraction of sp³-hybridized carbons (Fsp3) is 0.611. The zero-order chi connectivity index (χ0) is 16.0. The fourth-order valence-corrected chi connectivity index (χ4v) is 2.50. The van der Waals surface area contributed by atoms with Gasteiger partial charge < -0.3 is 14.8 Å². The lowest BCUT2D eigenvalue weighted by Crippen LogP contribution is -2.36. The van der Waals surface area contributed by atoms with Gasteiger partial charge in [0.15, 0.2) is 0 Å². The number of benzene rings is 1. The average molecular weight is 305 g/mol. The van der Waals surface area contributed by atoms with Crippen molar-refractivity contribution < 1.29 is 14.3 Å². The number of nitrogens with one attached hydrogen (secondary N) is 1. The minimum atomic E-state index is 0.0971. The number of carbonyl (C=O) groups is 1. The first kappa shape index (κ1) is 16.8. The Labute approximate surface area is 133 Å². The maximum atomic E-state index is 11.9. The van der Waals surface area contributed by atoms with Crippen LogP contribution >= 0.6 is 0 Å². The highest BCUT2D eigenvalue weighted by molar-refractivity contribution is 5.78. The summed E-state index contributed by atoms with van der Waals surface area (Å²) in [5.74, 6) is 1.06. The van der Waals surface area contributed by atoms with E-state index in [0.29, 0.717) is 26.4 Å². The van der Waals surface area contributed by atoms with Crippen molar-refractivity contribution in [3.8, 4) is 5.75 Å². The van der Waals surface area contributed by atoms with Crippen molar-refractivity contribution in [3.05, 3.63) is 29.8 Å². The van der Waals surface area contributed by atoms with E-state index in [1.54, 1.807) is 0 Å². The summed E-state index contributed by atoms with van der Waals surface area (Å²) in [4.78, 5) is 11.9. The van der Waals surface area contributed by atoms with Gasteiger partial charge in [-0.05, 0) is 36.0 Å². The van der Waals surface area contributed by atoms with E-state index in [-0.39, 0.29) is 17.2 Å². The van der Waals surface area contributed by atoms with E-state index in [0.717, 1.165) is 18.6 Å². The number of hydrogen-bond donors (Lipinski definition) is 1. The Kier molecular flexibility index (Phi) is 5.83. The first-order valence-electron chi connectivity index (χ1n) is 8.05. The van der Waals surface area contributed by atoms with Crippen LogP contribution in [0.1, 0.15) is 39.2 Å². The minimum absolute atomic E-state index is 0.0971. The highest BCUT2D eigenvalue weighted by Gasteiger charge is 2.20. The molecule has 122 valence electrons. The Balaban J connectivity index is 1.69. The van der Waals surface area contributed by atoms with E-state index >= 15 is 0 Å². The van der Waals surface area contributed by atoms with Crippen LogP contribution < -0.4 is 10.1 Å². The van der Waals surface area contributed by atoms with E-state index < -0.39 is 0 Å². The van der Waals surface area contributed by atoms with Crippen LogP contribution in [0.2, 0.25) is 0 Å². The summed E-state index contributed by atoms with van der Waals surface area (Å²) in [5.41, 5.74) is 1.43. The summed E-state index contributed by atoms with van der Waals surface area (Å²) in [6.45, 7) is 8.97. The largest absolute Gasteiger partial charge is 0.492 e. The summed E-state index contributed by atoms with van der Waals surface area (Å²) in [7, 11) is 0. The van der Waals surface area contributed by atoms with E-state index in [4.69, 9.17) is 9.47 Å². The first-order valence-corrected chi connectivity index (χ1v) is 8.05. The van der Waals surface area contributed by atoms with Gasteiger partial charge in [-0.3, -0.25) is 4.79 Å². The highest BCUT2D eigenvalue weighted by atomic mass is 16.5. The van der Waals surface area contributed by atoms with Crippen LogP contribution in [0.15, 0.2) is 24.3 Å². The fourth-order valence-electron chi connectivity index (χ4n) is 2.50. The summed E-state index contributed by atoms with van der Waals surface area (Å²) < 4.78 is 10.9. The molecule has 4 heteroatoms. The molecule has 0 saturated carbocycles. The smallest absolute Gasteiger partial charge is 0.223 e. The molecule has 1 heterocycles. The summed E-state index contributed by atoms with van der Waals surface area (Å²) in [6, 6.07) is 8.16. The van der Waals surface area contributed by atoms with Crippen LogP contribution in [0.25, 0.3) is 0 Å². The lowest BCUT2D eigenvalue weighted by Gasteiger charge is -2.21. The van der Waals surface area contributed by atoms with Crippen molar-refractivity contribution in [2.45, 2.75) is 39.0 Å². The predicted octanol–water partition coefficient (Wildman–Crippen LogP) is 2.91. The molecule has 1 fully saturated rings. The van der Waals surface area contributed by atoms with Gasteiger partial charge in [0, 0.05) is 19.1 Å². The maximum absolute atomic E-state index is 11.9. The quantitative estimate of drug-likeness (QED) is 0.851. The molecule has 1 N–H and O–H groups in total. The van der Waals surface area contributed by atoms with E-state index in [1.807, 2.05) is 12.1 Å². The second kappa shape index (κ2) is 7.63. The maximum Gasteiger partial charge on any atom is 0.223 e. The van der Waals surface area contributed by atoms with Gasteiger partial charge in [-0.1, -0.05) is 32.9 Å². The summed E-state index contributed by atoms with van der Waals surface area (Å²) >= 11 is 0. The number of ether oxygens (including phenoxy) is 2. The Hall–Kier alpha value is -1.55. The van der Waals surface area contributed by atoms with Crippen molar-refractivity contribution in [2.75, 3.05) is 26.4 Å². The molecule has 0 atom stereocenters. The molecule has 1 aliphatic heterocycles. The van der Waals surface area contributed by atoms with E-state index in [1.165, 1.54) is 5.56 Å². The second-order valence-electron chi connectivity index (χ2n) is 6.80. The van der Waals surface area contributed by atoms with Crippen LogP contribution in [0.5, 0.6) is 5.75 Å². The third kappa shape index (κ3) is 5.02. The zero-order valence-electron chi connectivity index (χ0n) is 13.9. The normalized spacial score (nSPS) is 16.3. The number of amides is 1. The van der Waals surface area contributed by atoms with E-state index in [2.05, 4.69) is 38.2 Å². The number of carbonyl (C=O) groups excluding carboxylic acids is 1. The molecule has 0 spiro atoms. The lowest BCUT2D eigenvalue weighted by atomic mass is 9.87. The Bertz CT molecular complexity index is 470. The van der Waals surface area contributed by atoms with Crippen LogP contribution in [0, 0.1) is 5.92 Å². The molecule has 1 aromatic rings. The van der Waals surface area contributed by atoms with Crippen LogP contribution in [-0.4, -0.2) is 32.3 Å². The summed E-state index contributed by atoms with van der Waals surface area (Å²) in [6.07, 6.45) is 1.64. The molecule has 4 nitrogen and oxygen atoms in total. The molecule has 1 amide bonds. The zero-order valence-corrected chi connectivity index (χ0v) is 13.9. The Morgan fingerprint density at radius 3 is 2.45 bits per heavy atom. The highest BCUT2D eigenvalue weighted by Crippen LogP contribution is 2.24. The van der Waals surface area contributed by atoms with Gasteiger partial charge >= 0.3 is 0 Å². The van der Waals surface area contributed by atoms with Crippen molar-refractivity contribution >= 4 is 5.91 Å². The van der Waals surface area contributed by atoms with Crippen LogP contribution in [-0.2, 0) is 14.9 Å². The van der Waals surface area contributed by atoms with Crippen molar-refractivity contribution in [2.24, 2.45) is 5.92 Å². The molecule has 22 heavy (non-hydrogen) atoms. The molecular formula is C18H27NO3. The minimum Gasteiger partial charge on any atom is -0.492 e. The Morgan fingerprint density at radius 2 is 1.86 bits per heavy atom. The van der Waals surface area contributed by atoms with E-state index in [9.17, 15) is 4.79 Å². The van der Waals surface area contributed by atoms with Crippen LogP contribution in [0.4, 0.5) is 0 Å². The number of hydrogen-bond acceptors (Lipinski definition) is 3. The molecule has 0 unspecified atom stereocenters. The third-order valence-corrected chi connectivity index (χ3v) is 3.98. The van der Waals surface area contributed by atoms with Crippen molar-refractivity contribution in [3.63, 3.8) is 0 Å². The van der Waals surface area contributed by atoms with Gasteiger partial charge in [0.25, 0.3) is 0 Å². The topological polar surface area (TPSA) is 47.6 Å². The van der Waals surface area contributed by atoms with Gasteiger partial charge in [-0.15, -0.1) is 0 Å².